The molecule has 114 valence electrons. The van der Waals surface area contributed by atoms with Crippen LogP contribution in [-0.2, 0) is 0 Å². The second-order valence-corrected chi connectivity index (χ2v) is 4.66. The number of ether oxygens (including phenoxy) is 1. The molecule has 1 amide bonds. The number of nitrogens with one attached hydrogen (secondary N) is 1. The van der Waals surface area contributed by atoms with E-state index in [0.717, 1.165) is 6.42 Å². The Balaban J connectivity index is 2.11. The third-order valence-corrected chi connectivity index (χ3v) is 2.98. The number of hydrogen-bond acceptors (Lipinski definition) is 4. The zero-order chi connectivity index (χ0) is 15.9. The van der Waals surface area contributed by atoms with E-state index in [2.05, 4.69) is 5.32 Å². The first kappa shape index (κ1) is 15.6. The van der Waals surface area contributed by atoms with Crippen LogP contribution >= 0.6 is 0 Å². The predicted octanol–water partition coefficient (Wildman–Crippen LogP) is 2.09. The van der Waals surface area contributed by atoms with E-state index in [9.17, 15) is 14.7 Å². The molecular weight excluding hydrogens is 282 g/mol. The summed E-state index contributed by atoms with van der Waals surface area (Å²) in [5, 5.41) is 13.6. The molecule has 0 heterocycles. The Bertz CT molecular complexity index is 665. The second-order valence-electron chi connectivity index (χ2n) is 4.66. The Morgan fingerprint density at radius 3 is 2.41 bits per heavy atom. The average Bonchev–Trinajstić information content (AvgIpc) is 2.53. The SMILES string of the molecule is CCCOc1ccc(C(=O)Nc2ccccc2C(=O)[O-])cc1. The molecule has 0 aromatic heterocycles. The largest absolute Gasteiger partial charge is 0.545 e. The van der Waals surface area contributed by atoms with Gasteiger partial charge < -0.3 is 20.0 Å². The number of anilines is 1. The first-order chi connectivity index (χ1) is 10.6. The van der Waals surface area contributed by atoms with Crippen LogP contribution in [0.1, 0.15) is 34.1 Å². The highest BCUT2D eigenvalue weighted by molar-refractivity contribution is 6.07. The number of carbonyl (C=O) groups is 2. The monoisotopic (exact) mass is 298 g/mol. The van der Waals surface area contributed by atoms with Gasteiger partial charge in [-0.25, -0.2) is 0 Å². The molecule has 0 saturated carbocycles. The molecule has 0 aliphatic heterocycles. The number of amides is 1. The van der Waals surface area contributed by atoms with Crippen LogP contribution in [0.3, 0.4) is 0 Å². The van der Waals surface area contributed by atoms with Crippen molar-refractivity contribution >= 4 is 17.6 Å². The molecule has 2 rings (SSSR count). The number of carboxylic acids is 1. The number of carbonyl (C=O) groups excluding carboxylic acids is 2. The third kappa shape index (κ3) is 3.85. The molecule has 0 bridgehead atoms. The summed E-state index contributed by atoms with van der Waals surface area (Å²) in [6.45, 7) is 2.63. The van der Waals surface area contributed by atoms with Gasteiger partial charge in [0.15, 0.2) is 0 Å². The van der Waals surface area contributed by atoms with Crippen LogP contribution in [0.15, 0.2) is 48.5 Å². The van der Waals surface area contributed by atoms with Gasteiger partial charge in [0.1, 0.15) is 5.75 Å². The van der Waals surface area contributed by atoms with E-state index in [1.54, 1.807) is 36.4 Å². The fourth-order valence-corrected chi connectivity index (χ4v) is 1.89. The predicted molar refractivity (Wildman–Crippen MR) is 81.0 cm³/mol. The van der Waals surface area contributed by atoms with Crippen molar-refractivity contribution < 1.29 is 19.4 Å². The van der Waals surface area contributed by atoms with E-state index in [1.807, 2.05) is 6.92 Å². The summed E-state index contributed by atoms with van der Waals surface area (Å²) in [7, 11) is 0. The van der Waals surface area contributed by atoms with Crippen LogP contribution in [0, 0.1) is 0 Å². The minimum Gasteiger partial charge on any atom is -0.545 e. The van der Waals surface area contributed by atoms with Crippen molar-refractivity contribution in [2.75, 3.05) is 11.9 Å². The number of carboxylic acid groups (broad SMARTS) is 1. The van der Waals surface area contributed by atoms with Crippen LogP contribution in [0.25, 0.3) is 0 Å². The molecule has 0 saturated heterocycles. The van der Waals surface area contributed by atoms with Crippen LogP contribution in [0.2, 0.25) is 0 Å². The van der Waals surface area contributed by atoms with Crippen LogP contribution < -0.4 is 15.2 Å². The summed E-state index contributed by atoms with van der Waals surface area (Å²) in [4.78, 5) is 23.2. The van der Waals surface area contributed by atoms with Gasteiger partial charge in [-0.3, -0.25) is 4.79 Å². The molecule has 0 atom stereocenters. The number of hydrogen-bond donors (Lipinski definition) is 1. The minimum atomic E-state index is -1.33. The molecule has 5 heteroatoms. The van der Waals surface area contributed by atoms with Crippen LogP contribution in [0.5, 0.6) is 5.75 Å². The van der Waals surface area contributed by atoms with E-state index in [-0.39, 0.29) is 11.3 Å². The lowest BCUT2D eigenvalue weighted by Gasteiger charge is -2.12. The molecular formula is C17H16NO4-. The minimum absolute atomic E-state index is 0.0567. The van der Waals surface area contributed by atoms with Crippen LogP contribution in [0.4, 0.5) is 5.69 Å². The maximum atomic E-state index is 12.1. The molecule has 0 radical (unpaired) electrons. The Morgan fingerprint density at radius 1 is 1.09 bits per heavy atom. The van der Waals surface area contributed by atoms with E-state index in [0.29, 0.717) is 17.9 Å². The molecule has 0 unspecified atom stereocenters. The van der Waals surface area contributed by atoms with Crippen molar-refractivity contribution in [1.82, 2.24) is 0 Å². The van der Waals surface area contributed by atoms with Crippen LogP contribution in [-0.4, -0.2) is 18.5 Å². The van der Waals surface area contributed by atoms with Gasteiger partial charge in [-0.2, -0.15) is 0 Å². The zero-order valence-corrected chi connectivity index (χ0v) is 12.2. The van der Waals surface area contributed by atoms with Crippen molar-refractivity contribution in [3.8, 4) is 5.75 Å². The lowest BCUT2D eigenvalue weighted by atomic mass is 10.1. The molecule has 0 aliphatic carbocycles. The fourth-order valence-electron chi connectivity index (χ4n) is 1.89. The van der Waals surface area contributed by atoms with Gasteiger partial charge in [-0.15, -0.1) is 0 Å². The topological polar surface area (TPSA) is 78.5 Å². The average molecular weight is 298 g/mol. The molecule has 1 N–H and O–H groups in total. The number of rotatable bonds is 6. The number of aromatic carboxylic acids is 1. The maximum Gasteiger partial charge on any atom is 0.255 e. The summed E-state index contributed by atoms with van der Waals surface area (Å²) in [5.41, 5.74) is 0.564. The van der Waals surface area contributed by atoms with E-state index >= 15 is 0 Å². The fraction of sp³-hybridized carbons (Fsp3) is 0.176. The quantitative estimate of drug-likeness (QED) is 0.885. The molecule has 22 heavy (non-hydrogen) atoms. The van der Waals surface area contributed by atoms with E-state index in [1.165, 1.54) is 12.1 Å². The van der Waals surface area contributed by atoms with E-state index in [4.69, 9.17) is 4.74 Å². The van der Waals surface area contributed by atoms with Crippen molar-refractivity contribution in [2.24, 2.45) is 0 Å². The summed E-state index contributed by atoms with van der Waals surface area (Å²) >= 11 is 0. The Labute approximate surface area is 128 Å². The Hall–Kier alpha value is -2.82. The van der Waals surface area contributed by atoms with Crippen molar-refractivity contribution in [3.05, 3.63) is 59.7 Å². The highest BCUT2D eigenvalue weighted by atomic mass is 16.5. The first-order valence-corrected chi connectivity index (χ1v) is 6.96. The van der Waals surface area contributed by atoms with Gasteiger partial charge in [0.2, 0.25) is 0 Å². The second kappa shape index (κ2) is 7.26. The normalized spacial score (nSPS) is 10.0. The smallest absolute Gasteiger partial charge is 0.255 e. The number of para-hydroxylation sites is 1. The Kier molecular flexibility index (Phi) is 5.14. The lowest BCUT2D eigenvalue weighted by Crippen LogP contribution is -2.24. The summed E-state index contributed by atoms with van der Waals surface area (Å²) < 4.78 is 5.44. The standard InChI is InChI=1S/C17H17NO4/c1-2-11-22-13-9-7-12(8-10-13)16(19)18-15-6-4-3-5-14(15)17(20)21/h3-10H,2,11H2,1H3,(H,18,19)(H,20,21)/p-1. The van der Waals surface area contributed by atoms with Gasteiger partial charge in [0, 0.05) is 11.1 Å². The Morgan fingerprint density at radius 2 is 1.77 bits per heavy atom. The summed E-state index contributed by atoms with van der Waals surface area (Å²) in [6, 6.07) is 12.8. The lowest BCUT2D eigenvalue weighted by molar-refractivity contribution is -0.254. The number of benzene rings is 2. The summed E-state index contributed by atoms with van der Waals surface area (Å²) in [6.07, 6.45) is 0.905. The molecule has 0 aliphatic rings. The highest BCUT2D eigenvalue weighted by Gasteiger charge is 2.09. The van der Waals surface area contributed by atoms with Gasteiger partial charge in [0.25, 0.3) is 5.91 Å². The molecule has 2 aromatic rings. The van der Waals surface area contributed by atoms with Crippen molar-refractivity contribution in [2.45, 2.75) is 13.3 Å². The molecule has 5 nitrogen and oxygen atoms in total. The van der Waals surface area contributed by atoms with Crippen molar-refractivity contribution in [1.29, 1.82) is 0 Å². The first-order valence-electron chi connectivity index (χ1n) is 6.96. The zero-order valence-electron chi connectivity index (χ0n) is 12.2. The third-order valence-electron chi connectivity index (χ3n) is 2.98. The summed E-state index contributed by atoms with van der Waals surface area (Å²) in [5.74, 6) is -1.04. The van der Waals surface area contributed by atoms with Gasteiger partial charge in [-0.05, 0) is 36.8 Å². The van der Waals surface area contributed by atoms with Gasteiger partial charge in [-0.1, -0.05) is 25.1 Å². The van der Waals surface area contributed by atoms with E-state index < -0.39 is 11.9 Å². The molecule has 0 spiro atoms. The maximum absolute atomic E-state index is 12.1. The van der Waals surface area contributed by atoms with Gasteiger partial charge >= 0.3 is 0 Å². The molecule has 0 fully saturated rings. The van der Waals surface area contributed by atoms with Crippen molar-refractivity contribution in [3.63, 3.8) is 0 Å². The highest BCUT2D eigenvalue weighted by Crippen LogP contribution is 2.17. The molecule has 2 aromatic carbocycles. The van der Waals surface area contributed by atoms with Gasteiger partial charge in [0.05, 0.1) is 18.3 Å².